The summed E-state index contributed by atoms with van der Waals surface area (Å²) < 4.78 is 17.6. The molecule has 2 aliphatic heterocycles. The summed E-state index contributed by atoms with van der Waals surface area (Å²) in [6, 6.07) is 7.67. The predicted molar refractivity (Wildman–Crippen MR) is 93.6 cm³/mol. The third-order valence-corrected chi connectivity index (χ3v) is 4.26. The van der Waals surface area contributed by atoms with Gasteiger partial charge in [0.1, 0.15) is 13.2 Å². The second-order valence-electron chi connectivity index (χ2n) is 6.08. The number of hydrogen-bond acceptors (Lipinski definition) is 7. The van der Waals surface area contributed by atoms with Crippen molar-refractivity contribution in [2.45, 2.75) is 12.5 Å². The molecular weight excluding hydrogens is 320 g/mol. The van der Waals surface area contributed by atoms with Crippen molar-refractivity contribution in [3.05, 3.63) is 36.7 Å². The summed E-state index contributed by atoms with van der Waals surface area (Å²) >= 11 is 0. The predicted octanol–water partition coefficient (Wildman–Crippen LogP) is 1.50. The van der Waals surface area contributed by atoms with Gasteiger partial charge in [-0.2, -0.15) is 0 Å². The van der Waals surface area contributed by atoms with E-state index in [0.29, 0.717) is 19.1 Å². The van der Waals surface area contributed by atoms with Crippen LogP contribution in [0, 0.1) is 0 Å². The minimum Gasteiger partial charge on any atom is -0.486 e. The first-order chi connectivity index (χ1) is 12.4. The van der Waals surface area contributed by atoms with Crippen molar-refractivity contribution in [3.63, 3.8) is 0 Å². The van der Waals surface area contributed by atoms with Gasteiger partial charge >= 0.3 is 0 Å². The maximum absolute atomic E-state index is 5.95. The lowest BCUT2D eigenvalue weighted by Gasteiger charge is -2.27. The summed E-state index contributed by atoms with van der Waals surface area (Å²) in [5, 5.41) is 3.39. The molecule has 1 N–H and O–H groups in total. The first kappa shape index (κ1) is 16.0. The quantitative estimate of drug-likeness (QED) is 0.903. The Morgan fingerprint density at radius 1 is 1.12 bits per heavy atom. The van der Waals surface area contributed by atoms with E-state index in [1.807, 2.05) is 24.3 Å². The summed E-state index contributed by atoms with van der Waals surface area (Å²) in [6.45, 7) is 4.63. The Kier molecular flexibility index (Phi) is 4.83. The lowest BCUT2D eigenvalue weighted by molar-refractivity contribution is 0.0522. The van der Waals surface area contributed by atoms with E-state index in [1.54, 1.807) is 12.4 Å². The number of nitrogens with one attached hydrogen (secondary N) is 1. The van der Waals surface area contributed by atoms with E-state index in [4.69, 9.17) is 14.2 Å². The SMILES string of the molecule is c1ccc2c(c1)OCC(COc1nccnc1N1CCCNCC1)O2. The fraction of sp³-hybridized carbons (Fsp3) is 0.444. The number of rotatable bonds is 4. The highest BCUT2D eigenvalue weighted by Crippen LogP contribution is 2.31. The largest absolute Gasteiger partial charge is 0.486 e. The van der Waals surface area contributed by atoms with E-state index >= 15 is 0 Å². The zero-order chi connectivity index (χ0) is 16.9. The van der Waals surface area contributed by atoms with Gasteiger partial charge in [-0.3, -0.25) is 0 Å². The Morgan fingerprint density at radius 3 is 2.96 bits per heavy atom. The molecule has 1 unspecified atom stereocenters. The van der Waals surface area contributed by atoms with E-state index in [0.717, 1.165) is 49.9 Å². The van der Waals surface area contributed by atoms with Gasteiger partial charge in [-0.15, -0.1) is 0 Å². The van der Waals surface area contributed by atoms with Gasteiger partial charge in [-0.25, -0.2) is 9.97 Å². The topological polar surface area (TPSA) is 68.7 Å². The number of fused-ring (bicyclic) bond motifs is 1. The molecule has 1 aromatic carbocycles. The molecule has 0 bridgehead atoms. The summed E-state index contributed by atoms with van der Waals surface area (Å²) in [7, 11) is 0. The van der Waals surface area contributed by atoms with Crippen LogP contribution in [0.4, 0.5) is 5.82 Å². The van der Waals surface area contributed by atoms with Crippen LogP contribution in [0.25, 0.3) is 0 Å². The average molecular weight is 342 g/mol. The van der Waals surface area contributed by atoms with Crippen LogP contribution in [0.15, 0.2) is 36.7 Å². The molecule has 1 aromatic heterocycles. The molecule has 2 aromatic rings. The molecule has 3 heterocycles. The zero-order valence-corrected chi connectivity index (χ0v) is 14.1. The van der Waals surface area contributed by atoms with Crippen molar-refractivity contribution in [2.24, 2.45) is 0 Å². The standard InChI is InChI=1S/C18H22N4O3/c1-2-5-16-15(4-1)23-12-14(25-16)13-24-18-17(20-7-8-21-18)22-10-3-6-19-9-11-22/h1-2,4-5,7-8,14,19H,3,6,9-13H2. The van der Waals surface area contributed by atoms with Gasteiger partial charge in [0, 0.05) is 32.0 Å². The number of aromatic nitrogens is 2. The molecule has 1 fully saturated rings. The third kappa shape index (κ3) is 3.76. The molecule has 0 spiro atoms. The Hall–Kier alpha value is -2.54. The molecule has 0 saturated carbocycles. The molecule has 0 radical (unpaired) electrons. The molecule has 0 aliphatic carbocycles. The van der Waals surface area contributed by atoms with E-state index in [9.17, 15) is 0 Å². The maximum Gasteiger partial charge on any atom is 0.257 e. The van der Waals surface area contributed by atoms with Crippen LogP contribution in [0.1, 0.15) is 6.42 Å². The molecule has 1 saturated heterocycles. The second-order valence-corrected chi connectivity index (χ2v) is 6.08. The normalized spacial score (nSPS) is 20.0. The average Bonchev–Trinajstić information content (AvgIpc) is 2.96. The lowest BCUT2D eigenvalue weighted by atomic mass is 10.3. The van der Waals surface area contributed by atoms with Gasteiger partial charge in [0.15, 0.2) is 23.4 Å². The van der Waals surface area contributed by atoms with E-state index in [1.165, 1.54) is 0 Å². The third-order valence-electron chi connectivity index (χ3n) is 4.26. The van der Waals surface area contributed by atoms with Crippen LogP contribution >= 0.6 is 0 Å². The van der Waals surface area contributed by atoms with Gasteiger partial charge < -0.3 is 24.4 Å². The van der Waals surface area contributed by atoms with Crippen LogP contribution in [0.2, 0.25) is 0 Å². The van der Waals surface area contributed by atoms with Crippen molar-refractivity contribution in [1.82, 2.24) is 15.3 Å². The lowest BCUT2D eigenvalue weighted by Crippen LogP contribution is -2.35. The molecule has 2 aliphatic rings. The number of benzene rings is 1. The van der Waals surface area contributed by atoms with Gasteiger partial charge in [0.25, 0.3) is 5.88 Å². The minimum absolute atomic E-state index is 0.171. The molecule has 7 heteroatoms. The van der Waals surface area contributed by atoms with Crippen molar-refractivity contribution in [1.29, 1.82) is 0 Å². The minimum atomic E-state index is -0.171. The highest BCUT2D eigenvalue weighted by Gasteiger charge is 2.23. The van der Waals surface area contributed by atoms with Gasteiger partial charge in [0.2, 0.25) is 0 Å². The highest BCUT2D eigenvalue weighted by molar-refractivity contribution is 5.48. The van der Waals surface area contributed by atoms with Crippen LogP contribution in [0.5, 0.6) is 17.4 Å². The van der Waals surface area contributed by atoms with Crippen molar-refractivity contribution >= 4 is 5.82 Å². The Labute approximate surface area is 146 Å². The fourth-order valence-corrected chi connectivity index (χ4v) is 3.01. The van der Waals surface area contributed by atoms with Crippen molar-refractivity contribution < 1.29 is 14.2 Å². The van der Waals surface area contributed by atoms with Gasteiger partial charge in [0.05, 0.1) is 0 Å². The van der Waals surface area contributed by atoms with E-state index < -0.39 is 0 Å². The molecule has 4 rings (SSSR count). The summed E-state index contributed by atoms with van der Waals surface area (Å²) in [4.78, 5) is 11.1. The van der Waals surface area contributed by atoms with E-state index in [-0.39, 0.29) is 6.10 Å². The first-order valence-corrected chi connectivity index (χ1v) is 8.68. The summed E-state index contributed by atoms with van der Waals surface area (Å²) in [5.41, 5.74) is 0. The Bertz CT molecular complexity index is 704. The number of hydrogen-bond donors (Lipinski definition) is 1. The molecular formula is C18H22N4O3. The van der Waals surface area contributed by atoms with E-state index in [2.05, 4.69) is 20.2 Å². The summed E-state index contributed by atoms with van der Waals surface area (Å²) in [6.07, 6.45) is 4.27. The van der Waals surface area contributed by atoms with Crippen LogP contribution in [-0.4, -0.2) is 55.5 Å². The second kappa shape index (κ2) is 7.57. The molecule has 1 atom stereocenters. The molecule has 132 valence electrons. The van der Waals surface area contributed by atoms with Crippen LogP contribution < -0.4 is 24.4 Å². The first-order valence-electron chi connectivity index (χ1n) is 8.68. The number of anilines is 1. The molecule has 25 heavy (non-hydrogen) atoms. The summed E-state index contributed by atoms with van der Waals surface area (Å²) in [5.74, 6) is 2.87. The Morgan fingerprint density at radius 2 is 2.00 bits per heavy atom. The monoisotopic (exact) mass is 342 g/mol. The fourth-order valence-electron chi connectivity index (χ4n) is 3.01. The van der Waals surface area contributed by atoms with Crippen LogP contribution in [0.3, 0.4) is 0 Å². The molecule has 0 amide bonds. The van der Waals surface area contributed by atoms with Gasteiger partial charge in [-0.1, -0.05) is 12.1 Å². The highest BCUT2D eigenvalue weighted by atomic mass is 16.6. The van der Waals surface area contributed by atoms with Crippen molar-refractivity contribution in [3.8, 4) is 17.4 Å². The number of nitrogens with zero attached hydrogens (tertiary/aromatic N) is 3. The maximum atomic E-state index is 5.95. The smallest absolute Gasteiger partial charge is 0.257 e. The van der Waals surface area contributed by atoms with Gasteiger partial charge in [-0.05, 0) is 25.1 Å². The van der Waals surface area contributed by atoms with Crippen LogP contribution in [-0.2, 0) is 0 Å². The molecule has 7 nitrogen and oxygen atoms in total. The number of ether oxygens (including phenoxy) is 3. The Balaban J connectivity index is 1.42. The zero-order valence-electron chi connectivity index (χ0n) is 14.1. The van der Waals surface area contributed by atoms with Crippen molar-refractivity contribution in [2.75, 3.05) is 44.3 Å². The number of para-hydroxylation sites is 2.